The molecule has 0 spiro atoms. The highest BCUT2D eigenvalue weighted by Crippen LogP contribution is 2.43. The van der Waals surface area contributed by atoms with Gasteiger partial charge >= 0.3 is 26.2 Å². The second-order valence-corrected chi connectivity index (χ2v) is 21.5. The van der Waals surface area contributed by atoms with Gasteiger partial charge in [0, 0.05) is 78.9 Å². The molecule has 0 aromatic heterocycles. The van der Waals surface area contributed by atoms with Crippen LogP contribution >= 0.6 is 0 Å². The highest BCUT2D eigenvalue weighted by Gasteiger charge is 2.50. The van der Waals surface area contributed by atoms with Crippen molar-refractivity contribution in [2.45, 2.75) is 82.0 Å². The van der Waals surface area contributed by atoms with Gasteiger partial charge in [-0.3, -0.25) is 9.13 Å². The summed E-state index contributed by atoms with van der Waals surface area (Å²) < 4.78 is 45.7. The zero-order valence-corrected chi connectivity index (χ0v) is 29.7. The Labute approximate surface area is 247 Å². The van der Waals surface area contributed by atoms with Gasteiger partial charge in [-0.1, -0.05) is 0 Å². The summed E-state index contributed by atoms with van der Waals surface area (Å²) in [6.45, 7) is 6.65. The van der Waals surface area contributed by atoms with E-state index in [1.807, 2.05) is 0 Å². The third kappa shape index (κ3) is 8.02. The third-order valence-corrected chi connectivity index (χ3v) is 20.1. The molecule has 2 heterocycles. The number of rotatable bonds is 21. The van der Waals surface area contributed by atoms with Crippen LogP contribution in [0.4, 0.5) is 0 Å². The Morgan fingerprint density at radius 1 is 0.700 bits per heavy atom. The van der Waals surface area contributed by atoms with Gasteiger partial charge in [-0.25, -0.2) is 0 Å². The van der Waals surface area contributed by atoms with Gasteiger partial charge in [0.1, 0.15) is 0 Å². The topological polar surface area (TPSA) is 123 Å². The van der Waals surface area contributed by atoms with E-state index in [4.69, 9.17) is 42.4 Å². The average molecular weight is 625 g/mol. The minimum atomic E-state index is -2.67. The maximum atomic E-state index is 7.26. The molecule has 2 fully saturated rings. The Balaban J connectivity index is 2.17. The van der Waals surface area contributed by atoms with Crippen LogP contribution in [0.3, 0.4) is 0 Å². The Bertz CT molecular complexity index is 684. The first-order valence-corrected chi connectivity index (χ1v) is 20.8. The fourth-order valence-electron chi connectivity index (χ4n) is 7.14. The van der Waals surface area contributed by atoms with E-state index in [0.29, 0.717) is 6.54 Å². The third-order valence-electron chi connectivity index (χ3n) is 9.96. The van der Waals surface area contributed by atoms with Gasteiger partial charge in [-0.05, 0) is 91.0 Å². The minimum absolute atomic E-state index is 0.224. The lowest BCUT2D eigenvalue weighted by Crippen LogP contribution is -2.58. The van der Waals surface area contributed by atoms with E-state index in [1.54, 1.807) is 49.8 Å². The molecule has 1 unspecified atom stereocenters. The van der Waals surface area contributed by atoms with Gasteiger partial charge in [0.2, 0.25) is 0 Å². The van der Waals surface area contributed by atoms with Crippen LogP contribution in [0.25, 0.3) is 0 Å². The molecular formula is C26H60N4O7Si3. The molecule has 238 valence electrons. The SMILES string of the molecule is CO[Si](CCCC(C)(N)C(CN)(CCCN1CCC[Si]1(OC)OC)CCCN1CCC[Si]1(OC)OC)(OC)OC. The summed E-state index contributed by atoms with van der Waals surface area (Å²) in [6, 6.07) is 2.75. The fourth-order valence-corrected chi connectivity index (χ4v) is 14.9. The van der Waals surface area contributed by atoms with Crippen LogP contribution in [0.5, 0.6) is 0 Å². The highest BCUT2D eigenvalue weighted by atomic mass is 28.4. The predicted molar refractivity (Wildman–Crippen MR) is 165 cm³/mol. The largest absolute Gasteiger partial charge is 0.500 e. The van der Waals surface area contributed by atoms with Gasteiger partial charge in [-0.2, -0.15) is 0 Å². The van der Waals surface area contributed by atoms with Gasteiger partial charge in [0.05, 0.1) is 0 Å². The summed E-state index contributed by atoms with van der Waals surface area (Å²) in [5, 5.41) is 0. The lowest BCUT2D eigenvalue weighted by atomic mass is 9.63. The predicted octanol–water partition coefficient (Wildman–Crippen LogP) is 2.74. The Morgan fingerprint density at radius 2 is 1.12 bits per heavy atom. The summed E-state index contributed by atoms with van der Waals surface area (Å²) >= 11 is 0. The first-order valence-electron chi connectivity index (χ1n) is 14.9. The second-order valence-electron chi connectivity index (χ2n) is 11.7. The molecule has 2 aliphatic rings. The number of hydrogen-bond donors (Lipinski definition) is 2. The standard InChI is InChI=1S/C26H60N4O7Si3/c1-25(28,14-11-23-40(35-6,36-7)37-8)26(24-27,15-9-17-29-19-12-21-38(29,31-2)32-3)16-10-18-30-20-13-22-39(30,33-4)34-5/h9-24,27-28H2,1-8H3. The van der Waals surface area contributed by atoms with Gasteiger partial charge in [-0.15, -0.1) is 0 Å². The smallest absolute Gasteiger partial charge is 0.386 e. The van der Waals surface area contributed by atoms with Crippen molar-refractivity contribution in [3.63, 3.8) is 0 Å². The molecule has 0 aliphatic carbocycles. The van der Waals surface area contributed by atoms with Crippen molar-refractivity contribution in [2.24, 2.45) is 16.9 Å². The fraction of sp³-hybridized carbons (Fsp3) is 1.00. The number of nitrogens with two attached hydrogens (primary N) is 2. The molecule has 11 nitrogen and oxygen atoms in total. The first kappa shape index (κ1) is 36.4. The van der Waals surface area contributed by atoms with Crippen molar-refractivity contribution in [1.82, 2.24) is 9.13 Å². The van der Waals surface area contributed by atoms with Crippen molar-refractivity contribution >= 4 is 26.2 Å². The van der Waals surface area contributed by atoms with Crippen LogP contribution in [0.2, 0.25) is 18.1 Å². The maximum absolute atomic E-state index is 7.26. The van der Waals surface area contributed by atoms with E-state index in [1.165, 1.54) is 0 Å². The molecule has 14 heteroatoms. The van der Waals surface area contributed by atoms with Crippen LogP contribution in [0, 0.1) is 5.41 Å². The molecule has 0 amide bonds. The van der Waals surface area contributed by atoms with Crippen LogP contribution in [-0.4, -0.2) is 123 Å². The number of hydrogen-bond acceptors (Lipinski definition) is 11. The van der Waals surface area contributed by atoms with Crippen LogP contribution in [0.1, 0.15) is 58.3 Å². The average Bonchev–Trinajstić information content (AvgIpc) is 3.58. The van der Waals surface area contributed by atoms with E-state index in [9.17, 15) is 0 Å². The van der Waals surface area contributed by atoms with Crippen molar-refractivity contribution in [3.05, 3.63) is 0 Å². The first-order chi connectivity index (χ1) is 19.1. The van der Waals surface area contributed by atoms with E-state index in [2.05, 4.69) is 16.1 Å². The molecule has 0 aromatic carbocycles. The second kappa shape index (κ2) is 16.3. The Morgan fingerprint density at radius 3 is 1.48 bits per heavy atom. The van der Waals surface area contributed by atoms with E-state index >= 15 is 0 Å². The minimum Gasteiger partial charge on any atom is -0.386 e. The van der Waals surface area contributed by atoms with E-state index in [0.717, 1.165) is 95.7 Å². The molecular weight excluding hydrogens is 565 g/mol. The molecule has 2 rings (SSSR count). The lowest BCUT2D eigenvalue weighted by Gasteiger charge is -2.48. The molecule has 0 bridgehead atoms. The molecule has 2 saturated heterocycles. The summed E-state index contributed by atoms with van der Waals surface area (Å²) in [5.74, 6) is 0. The summed E-state index contributed by atoms with van der Waals surface area (Å²) in [4.78, 5) is 0. The molecule has 2 aliphatic heterocycles. The Hall–Kier alpha value is 0.211. The van der Waals surface area contributed by atoms with Crippen molar-refractivity contribution in [3.8, 4) is 0 Å². The molecule has 1 atom stereocenters. The molecule has 0 radical (unpaired) electrons. The lowest BCUT2D eigenvalue weighted by molar-refractivity contribution is 0.0871. The van der Waals surface area contributed by atoms with Crippen molar-refractivity contribution in [2.75, 3.05) is 82.5 Å². The monoisotopic (exact) mass is 624 g/mol. The molecule has 4 N–H and O–H groups in total. The summed E-state index contributed by atoms with van der Waals surface area (Å²) in [7, 11) is 4.92. The normalized spacial score (nSPS) is 21.8. The summed E-state index contributed by atoms with van der Waals surface area (Å²) in [5.41, 5.74) is 13.2. The van der Waals surface area contributed by atoms with Gasteiger partial charge in [0.25, 0.3) is 0 Å². The molecule has 0 aromatic rings. The zero-order chi connectivity index (χ0) is 29.9. The molecule has 0 saturated carbocycles. The summed E-state index contributed by atoms with van der Waals surface area (Å²) in [6.07, 6.45) is 7.79. The zero-order valence-electron chi connectivity index (χ0n) is 26.7. The van der Waals surface area contributed by atoms with E-state index in [-0.39, 0.29) is 5.41 Å². The highest BCUT2D eigenvalue weighted by molar-refractivity contribution is 6.65. The van der Waals surface area contributed by atoms with Crippen LogP contribution in [-0.2, 0) is 31.0 Å². The van der Waals surface area contributed by atoms with Crippen LogP contribution < -0.4 is 11.5 Å². The van der Waals surface area contributed by atoms with E-state index < -0.39 is 31.8 Å². The van der Waals surface area contributed by atoms with Gasteiger partial charge < -0.3 is 42.4 Å². The van der Waals surface area contributed by atoms with Crippen molar-refractivity contribution in [1.29, 1.82) is 0 Å². The van der Waals surface area contributed by atoms with Crippen LogP contribution in [0.15, 0.2) is 0 Å². The van der Waals surface area contributed by atoms with Crippen molar-refractivity contribution < 1.29 is 31.0 Å². The maximum Gasteiger partial charge on any atom is 0.500 e. The molecule has 40 heavy (non-hydrogen) atoms. The quantitative estimate of drug-likeness (QED) is 0.183. The number of nitrogens with zero attached hydrogens (tertiary/aromatic N) is 2. The van der Waals surface area contributed by atoms with Gasteiger partial charge in [0.15, 0.2) is 0 Å². The Kier molecular flexibility index (Phi) is 14.9.